The number of nitrogens with zero attached hydrogens (tertiary/aromatic N) is 6. The van der Waals surface area contributed by atoms with Crippen LogP contribution in [0.2, 0.25) is 0 Å². The van der Waals surface area contributed by atoms with E-state index in [0.717, 1.165) is 27.7 Å². The van der Waals surface area contributed by atoms with Crippen molar-refractivity contribution in [1.29, 1.82) is 0 Å². The molecule has 0 aliphatic heterocycles. The smallest absolute Gasteiger partial charge is 0.238 e. The molecule has 0 radical (unpaired) electrons. The Morgan fingerprint density at radius 1 is 0.962 bits per heavy atom. The number of fused-ring (bicyclic) bond motifs is 2. The van der Waals surface area contributed by atoms with Crippen LogP contribution in [0.3, 0.4) is 0 Å². The van der Waals surface area contributed by atoms with Crippen LogP contribution in [0, 0.1) is 0 Å². The SMILES string of the molecule is C1CCCCC1.Cn1nnc2ccc(-c3ccn4nc(N)ncc34)cc21. The molecule has 0 atom stereocenters. The molecule has 0 unspecified atom stereocenters. The lowest BCUT2D eigenvalue weighted by Crippen LogP contribution is -1.99. The molecule has 1 aliphatic carbocycles. The number of aromatic nitrogens is 6. The molecule has 7 heteroatoms. The average Bonchev–Trinajstić information content (AvgIpc) is 3.27. The molecule has 26 heavy (non-hydrogen) atoms. The number of anilines is 1. The third-order valence-electron chi connectivity index (χ3n) is 4.86. The van der Waals surface area contributed by atoms with Gasteiger partial charge in [-0.05, 0) is 23.8 Å². The fourth-order valence-electron chi connectivity index (χ4n) is 3.42. The van der Waals surface area contributed by atoms with E-state index in [0.29, 0.717) is 0 Å². The summed E-state index contributed by atoms with van der Waals surface area (Å²) in [5.74, 6) is 0.255. The lowest BCUT2D eigenvalue weighted by Gasteiger charge is -2.05. The summed E-state index contributed by atoms with van der Waals surface area (Å²) in [7, 11) is 1.88. The molecule has 3 aromatic heterocycles. The summed E-state index contributed by atoms with van der Waals surface area (Å²) < 4.78 is 3.48. The van der Waals surface area contributed by atoms with Gasteiger partial charge in [0.2, 0.25) is 5.95 Å². The van der Waals surface area contributed by atoms with Crippen LogP contribution in [0.4, 0.5) is 5.95 Å². The van der Waals surface area contributed by atoms with E-state index in [-0.39, 0.29) is 5.95 Å². The molecule has 0 spiro atoms. The first-order chi connectivity index (χ1) is 12.7. The van der Waals surface area contributed by atoms with Crippen LogP contribution < -0.4 is 5.73 Å². The second-order valence-corrected chi connectivity index (χ2v) is 6.71. The van der Waals surface area contributed by atoms with Crippen molar-refractivity contribution in [1.82, 2.24) is 29.6 Å². The number of aryl methyl sites for hydroxylation is 1. The van der Waals surface area contributed by atoms with Crippen molar-refractivity contribution < 1.29 is 0 Å². The predicted octanol–water partition coefficient (Wildman–Crippen LogP) is 3.60. The number of benzene rings is 1. The maximum absolute atomic E-state index is 5.59. The third-order valence-corrected chi connectivity index (χ3v) is 4.86. The second kappa shape index (κ2) is 7.11. The number of hydrogen-bond donors (Lipinski definition) is 1. The molecule has 1 aromatic carbocycles. The van der Waals surface area contributed by atoms with Crippen LogP contribution in [-0.2, 0) is 7.05 Å². The standard InChI is InChI=1S/C13H11N7.C6H12/c1-19-11-6-8(2-3-10(11)16-18-19)9-4-5-20-12(9)7-15-13(14)17-20;1-2-4-6-5-3-1/h2-7H,1H3,(H2,14,17);1-6H2. The maximum Gasteiger partial charge on any atom is 0.238 e. The van der Waals surface area contributed by atoms with Crippen molar-refractivity contribution in [2.75, 3.05) is 5.73 Å². The van der Waals surface area contributed by atoms with Gasteiger partial charge in [0.05, 0.1) is 17.2 Å². The average molecular weight is 349 g/mol. The van der Waals surface area contributed by atoms with Crippen molar-refractivity contribution in [3.8, 4) is 11.1 Å². The molecule has 0 amide bonds. The molecule has 5 rings (SSSR count). The molecule has 134 valence electrons. The summed E-state index contributed by atoms with van der Waals surface area (Å²) in [5.41, 5.74) is 10.5. The number of nitrogens with two attached hydrogens (primary N) is 1. The highest BCUT2D eigenvalue weighted by molar-refractivity contribution is 5.87. The van der Waals surface area contributed by atoms with Crippen molar-refractivity contribution in [3.63, 3.8) is 0 Å². The Labute approximate surface area is 151 Å². The molecule has 0 saturated heterocycles. The fourth-order valence-corrected chi connectivity index (χ4v) is 3.42. The Bertz CT molecular complexity index is 1020. The van der Waals surface area contributed by atoms with E-state index in [1.807, 2.05) is 31.4 Å². The van der Waals surface area contributed by atoms with E-state index in [2.05, 4.69) is 26.5 Å². The van der Waals surface area contributed by atoms with Crippen molar-refractivity contribution >= 4 is 22.5 Å². The molecule has 1 aliphatic rings. The highest BCUT2D eigenvalue weighted by atomic mass is 15.4. The fraction of sp³-hybridized carbons (Fsp3) is 0.368. The molecule has 4 aromatic rings. The zero-order valence-electron chi connectivity index (χ0n) is 15.0. The summed E-state index contributed by atoms with van der Waals surface area (Å²) in [6, 6.07) is 8.03. The van der Waals surface area contributed by atoms with Crippen LogP contribution >= 0.6 is 0 Å². The van der Waals surface area contributed by atoms with E-state index in [1.54, 1.807) is 15.4 Å². The van der Waals surface area contributed by atoms with Gasteiger partial charge in [-0.1, -0.05) is 49.8 Å². The van der Waals surface area contributed by atoms with Gasteiger partial charge in [-0.2, -0.15) is 0 Å². The van der Waals surface area contributed by atoms with Gasteiger partial charge in [0.25, 0.3) is 0 Å². The van der Waals surface area contributed by atoms with Gasteiger partial charge < -0.3 is 5.73 Å². The zero-order valence-corrected chi connectivity index (χ0v) is 15.0. The van der Waals surface area contributed by atoms with Crippen LogP contribution in [0.5, 0.6) is 0 Å². The molecule has 1 saturated carbocycles. The van der Waals surface area contributed by atoms with Gasteiger partial charge in [-0.3, -0.25) is 0 Å². The van der Waals surface area contributed by atoms with E-state index in [9.17, 15) is 0 Å². The van der Waals surface area contributed by atoms with Crippen molar-refractivity contribution in [2.24, 2.45) is 7.05 Å². The first-order valence-electron chi connectivity index (χ1n) is 9.12. The summed E-state index contributed by atoms with van der Waals surface area (Å²) in [4.78, 5) is 4.05. The van der Waals surface area contributed by atoms with Crippen LogP contribution in [0.15, 0.2) is 36.7 Å². The van der Waals surface area contributed by atoms with E-state index < -0.39 is 0 Å². The number of nitrogen functional groups attached to an aromatic ring is 1. The summed E-state index contributed by atoms with van der Waals surface area (Å²) >= 11 is 0. The largest absolute Gasteiger partial charge is 0.367 e. The van der Waals surface area contributed by atoms with E-state index >= 15 is 0 Å². The Kier molecular flexibility index (Phi) is 4.51. The lowest BCUT2D eigenvalue weighted by atomic mass is 10.0. The molecule has 3 heterocycles. The van der Waals surface area contributed by atoms with Crippen LogP contribution in [0.25, 0.3) is 27.7 Å². The van der Waals surface area contributed by atoms with E-state index in [4.69, 9.17) is 5.73 Å². The Balaban J connectivity index is 0.000000240. The summed E-state index contributed by atoms with van der Waals surface area (Å²) in [6.45, 7) is 0. The second-order valence-electron chi connectivity index (χ2n) is 6.71. The van der Waals surface area contributed by atoms with Gasteiger partial charge in [0.1, 0.15) is 5.52 Å². The molecule has 1 fully saturated rings. The van der Waals surface area contributed by atoms with E-state index in [1.165, 1.54) is 38.5 Å². The summed E-state index contributed by atoms with van der Waals surface area (Å²) in [6.07, 6.45) is 12.6. The van der Waals surface area contributed by atoms with Gasteiger partial charge in [-0.15, -0.1) is 10.2 Å². The minimum Gasteiger partial charge on any atom is -0.367 e. The Hall–Kier alpha value is -2.96. The van der Waals surface area contributed by atoms with Crippen molar-refractivity contribution in [3.05, 3.63) is 36.7 Å². The third kappa shape index (κ3) is 3.24. The predicted molar refractivity (Wildman–Crippen MR) is 103 cm³/mol. The van der Waals surface area contributed by atoms with Crippen LogP contribution in [-0.4, -0.2) is 29.6 Å². The first-order valence-corrected chi connectivity index (χ1v) is 9.12. The molecule has 2 N–H and O–H groups in total. The number of hydrogen-bond acceptors (Lipinski definition) is 5. The quantitative estimate of drug-likeness (QED) is 0.567. The zero-order chi connectivity index (χ0) is 17.9. The Morgan fingerprint density at radius 2 is 1.69 bits per heavy atom. The monoisotopic (exact) mass is 349 g/mol. The highest BCUT2D eigenvalue weighted by Crippen LogP contribution is 2.27. The summed E-state index contributed by atoms with van der Waals surface area (Å²) in [5, 5.41) is 12.2. The minimum absolute atomic E-state index is 0.255. The Morgan fingerprint density at radius 3 is 2.42 bits per heavy atom. The molecular weight excluding hydrogens is 326 g/mol. The van der Waals surface area contributed by atoms with Crippen molar-refractivity contribution in [2.45, 2.75) is 38.5 Å². The lowest BCUT2D eigenvalue weighted by molar-refractivity contribution is 0.504. The topological polar surface area (TPSA) is 86.9 Å². The maximum atomic E-state index is 5.59. The van der Waals surface area contributed by atoms with Gasteiger partial charge >= 0.3 is 0 Å². The normalized spacial score (nSPS) is 14.3. The minimum atomic E-state index is 0.255. The van der Waals surface area contributed by atoms with Gasteiger partial charge in [-0.25, -0.2) is 14.2 Å². The molecule has 0 bridgehead atoms. The number of rotatable bonds is 1. The molecular formula is C19H23N7. The first kappa shape index (κ1) is 16.5. The van der Waals surface area contributed by atoms with Gasteiger partial charge in [0, 0.05) is 18.8 Å². The van der Waals surface area contributed by atoms with Gasteiger partial charge in [0.15, 0.2) is 0 Å². The van der Waals surface area contributed by atoms with Crippen LogP contribution in [0.1, 0.15) is 38.5 Å². The molecule has 7 nitrogen and oxygen atoms in total. The highest BCUT2D eigenvalue weighted by Gasteiger charge is 2.09.